The quantitative estimate of drug-likeness (QED) is 0.742. The topological polar surface area (TPSA) is 71.2 Å². The summed E-state index contributed by atoms with van der Waals surface area (Å²) >= 11 is 0. The lowest BCUT2D eigenvalue weighted by molar-refractivity contribution is 0.0747. The first-order chi connectivity index (χ1) is 12.6. The second-order valence-electron chi connectivity index (χ2n) is 6.06. The van der Waals surface area contributed by atoms with Crippen molar-refractivity contribution >= 4 is 5.91 Å². The summed E-state index contributed by atoms with van der Waals surface area (Å²) in [5, 5.41) is 9.12. The zero-order valence-corrected chi connectivity index (χ0v) is 15.0. The molecule has 0 unspecified atom stereocenters. The predicted octanol–water partition coefficient (Wildman–Crippen LogP) is 2.64. The van der Waals surface area contributed by atoms with E-state index < -0.39 is 0 Å². The Morgan fingerprint density at radius 1 is 1.15 bits per heavy atom. The van der Waals surface area contributed by atoms with E-state index in [2.05, 4.69) is 9.97 Å². The highest BCUT2D eigenvalue weighted by atomic mass is 16.3. The van der Waals surface area contributed by atoms with Gasteiger partial charge in [0.2, 0.25) is 0 Å². The number of aromatic nitrogens is 3. The van der Waals surface area contributed by atoms with E-state index in [1.807, 2.05) is 55.1 Å². The van der Waals surface area contributed by atoms with Crippen LogP contribution in [-0.2, 0) is 20.2 Å². The second-order valence-corrected chi connectivity index (χ2v) is 6.06. The molecule has 0 aliphatic carbocycles. The molecule has 0 aliphatic rings. The van der Waals surface area contributed by atoms with Crippen LogP contribution in [0.25, 0.3) is 11.3 Å². The summed E-state index contributed by atoms with van der Waals surface area (Å²) < 4.78 is 1.91. The average Bonchev–Trinajstić information content (AvgIpc) is 3.10. The number of benzene rings is 1. The normalized spacial score (nSPS) is 10.7. The predicted molar refractivity (Wildman–Crippen MR) is 99.2 cm³/mol. The van der Waals surface area contributed by atoms with Crippen LogP contribution in [0.2, 0.25) is 0 Å². The van der Waals surface area contributed by atoms with Crippen molar-refractivity contribution in [3.05, 3.63) is 71.9 Å². The Morgan fingerprint density at radius 3 is 2.46 bits per heavy atom. The lowest BCUT2D eigenvalue weighted by Crippen LogP contribution is -2.31. The third kappa shape index (κ3) is 3.81. The van der Waals surface area contributed by atoms with Gasteiger partial charge in [-0.25, -0.2) is 4.98 Å². The Bertz CT molecular complexity index is 870. The Hall–Kier alpha value is -2.99. The summed E-state index contributed by atoms with van der Waals surface area (Å²) in [4.78, 5) is 23.2. The second kappa shape index (κ2) is 7.93. The van der Waals surface area contributed by atoms with Gasteiger partial charge in [0.05, 0.1) is 24.4 Å². The van der Waals surface area contributed by atoms with E-state index in [4.69, 9.17) is 5.11 Å². The molecule has 1 aromatic carbocycles. The minimum absolute atomic E-state index is 0.0179. The number of aliphatic hydroxyl groups is 1. The number of aryl methyl sites for hydroxylation is 1. The van der Waals surface area contributed by atoms with Crippen LogP contribution < -0.4 is 0 Å². The first kappa shape index (κ1) is 17.8. The van der Waals surface area contributed by atoms with E-state index in [9.17, 15) is 4.79 Å². The third-order valence-electron chi connectivity index (χ3n) is 4.36. The number of hydrogen-bond acceptors (Lipinski definition) is 4. The maximum Gasteiger partial charge on any atom is 0.255 e. The number of amides is 1. The monoisotopic (exact) mass is 350 g/mol. The molecule has 3 aromatic rings. The van der Waals surface area contributed by atoms with Crippen molar-refractivity contribution in [2.75, 3.05) is 6.54 Å². The first-order valence-corrected chi connectivity index (χ1v) is 8.54. The van der Waals surface area contributed by atoms with E-state index in [0.717, 1.165) is 22.6 Å². The zero-order valence-electron chi connectivity index (χ0n) is 15.0. The van der Waals surface area contributed by atoms with Crippen molar-refractivity contribution in [3.63, 3.8) is 0 Å². The molecule has 2 aromatic heterocycles. The molecule has 0 saturated carbocycles. The molecule has 0 atom stereocenters. The summed E-state index contributed by atoms with van der Waals surface area (Å²) in [6.07, 6.45) is 5.21. The highest BCUT2D eigenvalue weighted by Crippen LogP contribution is 2.18. The number of carbonyl (C=O) groups excluding carboxylic acids is 1. The van der Waals surface area contributed by atoms with E-state index in [-0.39, 0.29) is 12.5 Å². The first-order valence-electron chi connectivity index (χ1n) is 8.54. The van der Waals surface area contributed by atoms with Gasteiger partial charge in [-0.15, -0.1) is 0 Å². The van der Waals surface area contributed by atoms with Crippen LogP contribution in [-0.4, -0.2) is 37.0 Å². The molecule has 0 fully saturated rings. The molecule has 0 radical (unpaired) electrons. The summed E-state index contributed by atoms with van der Waals surface area (Å²) in [7, 11) is 1.92. The fourth-order valence-corrected chi connectivity index (χ4v) is 2.70. The highest BCUT2D eigenvalue weighted by Gasteiger charge is 2.17. The van der Waals surface area contributed by atoms with Gasteiger partial charge in [-0.1, -0.05) is 24.3 Å². The zero-order chi connectivity index (χ0) is 18.5. The van der Waals surface area contributed by atoms with Crippen LogP contribution in [0.4, 0.5) is 0 Å². The van der Waals surface area contributed by atoms with Gasteiger partial charge >= 0.3 is 0 Å². The number of nitrogens with zero attached hydrogens (tertiary/aromatic N) is 4. The van der Waals surface area contributed by atoms with Crippen LogP contribution >= 0.6 is 0 Å². The fourth-order valence-electron chi connectivity index (χ4n) is 2.70. The maximum absolute atomic E-state index is 12.8. The van der Waals surface area contributed by atoms with Gasteiger partial charge in [-0.2, -0.15) is 0 Å². The highest BCUT2D eigenvalue weighted by molar-refractivity contribution is 5.94. The van der Waals surface area contributed by atoms with Crippen molar-refractivity contribution < 1.29 is 9.90 Å². The number of carbonyl (C=O) groups is 1. The maximum atomic E-state index is 12.8. The Morgan fingerprint density at radius 2 is 1.92 bits per heavy atom. The summed E-state index contributed by atoms with van der Waals surface area (Å²) in [6.45, 7) is 3.02. The van der Waals surface area contributed by atoms with E-state index in [1.165, 1.54) is 0 Å². The summed E-state index contributed by atoms with van der Waals surface area (Å²) in [5.74, 6) is 0.777. The van der Waals surface area contributed by atoms with Gasteiger partial charge in [0.1, 0.15) is 5.82 Å². The number of rotatable bonds is 6. The van der Waals surface area contributed by atoms with E-state index >= 15 is 0 Å². The van der Waals surface area contributed by atoms with Crippen LogP contribution in [0, 0.1) is 0 Å². The van der Waals surface area contributed by atoms with Crippen molar-refractivity contribution in [1.29, 1.82) is 0 Å². The molecule has 1 amide bonds. The van der Waals surface area contributed by atoms with Gasteiger partial charge < -0.3 is 14.6 Å². The Labute approximate surface area is 152 Å². The number of hydrogen-bond donors (Lipinski definition) is 1. The van der Waals surface area contributed by atoms with Crippen LogP contribution in [0.3, 0.4) is 0 Å². The van der Waals surface area contributed by atoms with E-state index in [1.54, 1.807) is 23.4 Å². The molecule has 6 nitrogen and oxygen atoms in total. The molecular formula is C20H22N4O2. The van der Waals surface area contributed by atoms with Gasteiger partial charge in [0, 0.05) is 37.7 Å². The van der Waals surface area contributed by atoms with Crippen LogP contribution in [0.15, 0.2) is 55.0 Å². The molecule has 3 rings (SSSR count). The van der Waals surface area contributed by atoms with Crippen molar-refractivity contribution in [1.82, 2.24) is 19.4 Å². The van der Waals surface area contributed by atoms with E-state index in [0.29, 0.717) is 18.7 Å². The number of imidazole rings is 1. The molecule has 0 saturated heterocycles. The van der Waals surface area contributed by atoms with Crippen LogP contribution in [0.5, 0.6) is 0 Å². The van der Waals surface area contributed by atoms with Crippen molar-refractivity contribution in [2.45, 2.75) is 20.1 Å². The Balaban J connectivity index is 1.75. The van der Waals surface area contributed by atoms with Gasteiger partial charge in [-0.3, -0.25) is 9.78 Å². The molecule has 0 aliphatic heterocycles. The minimum Gasteiger partial charge on any atom is -0.392 e. The standard InChI is InChI=1S/C20H22N4O2/c1-3-24(13-19-21-10-11-23(19)2)20(26)17-8-9-18(22-12-17)16-6-4-15(14-25)5-7-16/h4-12,25H,3,13-14H2,1-2H3. The summed E-state index contributed by atoms with van der Waals surface area (Å²) in [5.41, 5.74) is 3.14. The third-order valence-corrected chi connectivity index (χ3v) is 4.36. The van der Waals surface area contributed by atoms with Crippen LogP contribution in [0.1, 0.15) is 28.7 Å². The number of aliphatic hydroxyl groups excluding tert-OH is 1. The van der Waals surface area contributed by atoms with Gasteiger partial charge in [0.25, 0.3) is 5.91 Å². The average molecular weight is 350 g/mol. The van der Waals surface area contributed by atoms with Crippen molar-refractivity contribution in [3.8, 4) is 11.3 Å². The lowest BCUT2D eigenvalue weighted by atomic mass is 10.1. The Kier molecular flexibility index (Phi) is 5.43. The molecule has 6 heteroatoms. The van der Waals surface area contributed by atoms with Gasteiger partial charge in [0.15, 0.2) is 0 Å². The fraction of sp³-hybridized carbons (Fsp3) is 0.250. The molecule has 134 valence electrons. The SMILES string of the molecule is CCN(Cc1nccn1C)C(=O)c1ccc(-c2ccc(CO)cc2)nc1. The van der Waals surface area contributed by atoms with Gasteiger partial charge in [-0.05, 0) is 24.6 Å². The molecule has 2 heterocycles. The lowest BCUT2D eigenvalue weighted by Gasteiger charge is -2.20. The molecule has 0 bridgehead atoms. The molecule has 26 heavy (non-hydrogen) atoms. The summed E-state index contributed by atoms with van der Waals surface area (Å²) in [6, 6.07) is 11.2. The molecule has 0 spiro atoms. The smallest absolute Gasteiger partial charge is 0.255 e. The largest absolute Gasteiger partial charge is 0.392 e. The number of pyridine rings is 1. The van der Waals surface area contributed by atoms with Crippen molar-refractivity contribution in [2.24, 2.45) is 7.05 Å². The molecular weight excluding hydrogens is 328 g/mol. The molecule has 1 N–H and O–H groups in total. The minimum atomic E-state index is -0.0646.